The van der Waals surface area contributed by atoms with E-state index in [-0.39, 0.29) is 28.8 Å². The normalized spacial score (nSPS) is 19.3. The molecule has 1 fully saturated rings. The van der Waals surface area contributed by atoms with Crippen molar-refractivity contribution in [2.45, 2.75) is 19.9 Å². The van der Waals surface area contributed by atoms with E-state index in [0.29, 0.717) is 6.54 Å². The van der Waals surface area contributed by atoms with Crippen LogP contribution in [-0.2, 0) is 7.05 Å². The smallest absolute Gasteiger partial charge is 0.356 e. The number of pyridine rings is 1. The van der Waals surface area contributed by atoms with E-state index < -0.39 is 5.97 Å². The van der Waals surface area contributed by atoms with Crippen LogP contribution in [0.2, 0.25) is 0 Å². The van der Waals surface area contributed by atoms with Crippen LogP contribution in [0.25, 0.3) is 0 Å². The van der Waals surface area contributed by atoms with Crippen LogP contribution in [0.4, 0.5) is 0 Å². The van der Waals surface area contributed by atoms with E-state index in [9.17, 15) is 9.59 Å². The number of carbonyl (C=O) groups is 2. The SMILES string of the molecule is Cn1nc(C(=O)O)cc1C(=O)N1CC(C)(C)C1c1cccnc1. The van der Waals surface area contributed by atoms with Crippen LogP contribution in [0.3, 0.4) is 0 Å². The van der Waals surface area contributed by atoms with Crippen LogP contribution in [0, 0.1) is 5.41 Å². The van der Waals surface area contributed by atoms with E-state index in [4.69, 9.17) is 5.11 Å². The van der Waals surface area contributed by atoms with Crippen molar-refractivity contribution in [1.29, 1.82) is 0 Å². The molecule has 1 atom stereocenters. The minimum Gasteiger partial charge on any atom is -0.476 e. The molecule has 0 saturated carbocycles. The van der Waals surface area contributed by atoms with Crippen molar-refractivity contribution < 1.29 is 14.7 Å². The maximum Gasteiger partial charge on any atom is 0.356 e. The summed E-state index contributed by atoms with van der Waals surface area (Å²) in [6.45, 7) is 4.79. The molecule has 1 unspecified atom stereocenters. The molecule has 7 nitrogen and oxygen atoms in total. The summed E-state index contributed by atoms with van der Waals surface area (Å²) < 4.78 is 1.32. The molecule has 0 bridgehead atoms. The zero-order valence-electron chi connectivity index (χ0n) is 13.2. The Morgan fingerprint density at radius 1 is 1.39 bits per heavy atom. The number of aromatic nitrogens is 3. The Morgan fingerprint density at radius 3 is 2.65 bits per heavy atom. The topological polar surface area (TPSA) is 88.3 Å². The van der Waals surface area contributed by atoms with Crippen molar-refractivity contribution in [1.82, 2.24) is 19.7 Å². The quantitative estimate of drug-likeness (QED) is 0.932. The number of carboxylic acids is 1. The Labute approximate surface area is 133 Å². The van der Waals surface area contributed by atoms with Crippen molar-refractivity contribution in [2.75, 3.05) is 6.54 Å². The maximum absolute atomic E-state index is 12.8. The minimum absolute atomic E-state index is 0.0626. The van der Waals surface area contributed by atoms with E-state index in [0.717, 1.165) is 5.56 Å². The highest BCUT2D eigenvalue weighted by Gasteiger charge is 2.49. The highest BCUT2D eigenvalue weighted by Crippen LogP contribution is 2.48. The van der Waals surface area contributed by atoms with E-state index >= 15 is 0 Å². The first kappa shape index (κ1) is 15.2. The summed E-state index contributed by atoms with van der Waals surface area (Å²) in [5.41, 5.74) is 1.05. The number of aryl methyl sites for hydroxylation is 1. The molecule has 1 N–H and O–H groups in total. The van der Waals surface area contributed by atoms with E-state index in [2.05, 4.69) is 23.9 Å². The fourth-order valence-electron chi connectivity index (χ4n) is 3.20. The Bertz CT molecular complexity index is 767. The van der Waals surface area contributed by atoms with E-state index in [1.807, 2.05) is 12.1 Å². The molecule has 7 heteroatoms. The van der Waals surface area contributed by atoms with Crippen LogP contribution < -0.4 is 0 Å². The predicted molar refractivity (Wildman–Crippen MR) is 82.0 cm³/mol. The van der Waals surface area contributed by atoms with Gasteiger partial charge in [-0.3, -0.25) is 14.5 Å². The van der Waals surface area contributed by atoms with E-state index in [1.54, 1.807) is 24.3 Å². The number of rotatable bonds is 3. The summed E-state index contributed by atoms with van der Waals surface area (Å²) in [7, 11) is 1.57. The molecule has 23 heavy (non-hydrogen) atoms. The van der Waals surface area contributed by atoms with Gasteiger partial charge in [0.25, 0.3) is 5.91 Å². The zero-order valence-corrected chi connectivity index (χ0v) is 13.2. The van der Waals surface area contributed by atoms with Crippen molar-refractivity contribution in [2.24, 2.45) is 12.5 Å². The van der Waals surface area contributed by atoms with Crippen molar-refractivity contribution >= 4 is 11.9 Å². The lowest BCUT2D eigenvalue weighted by Crippen LogP contribution is -2.58. The number of aromatic carboxylic acids is 1. The molecule has 1 aliphatic heterocycles. The van der Waals surface area contributed by atoms with Crippen LogP contribution in [0.1, 0.15) is 46.4 Å². The van der Waals surface area contributed by atoms with Gasteiger partial charge in [-0.05, 0) is 11.6 Å². The molecule has 1 amide bonds. The van der Waals surface area contributed by atoms with Crippen LogP contribution in [0.15, 0.2) is 30.6 Å². The second-order valence-electron chi connectivity index (χ2n) is 6.45. The highest BCUT2D eigenvalue weighted by molar-refractivity contribution is 5.96. The molecule has 1 saturated heterocycles. The fraction of sp³-hybridized carbons (Fsp3) is 0.375. The van der Waals surface area contributed by atoms with Gasteiger partial charge >= 0.3 is 5.97 Å². The fourth-order valence-corrected chi connectivity index (χ4v) is 3.20. The average Bonchev–Trinajstić information content (AvgIpc) is 2.88. The summed E-state index contributed by atoms with van der Waals surface area (Å²) in [4.78, 5) is 29.7. The Kier molecular flexibility index (Phi) is 3.43. The van der Waals surface area contributed by atoms with Gasteiger partial charge in [0.2, 0.25) is 0 Å². The lowest BCUT2D eigenvalue weighted by Gasteiger charge is -2.54. The second kappa shape index (κ2) is 5.19. The monoisotopic (exact) mass is 314 g/mol. The molecule has 0 aromatic carbocycles. The first-order chi connectivity index (χ1) is 10.8. The summed E-state index contributed by atoms with van der Waals surface area (Å²) in [5.74, 6) is -1.37. The Morgan fingerprint density at radius 2 is 2.13 bits per heavy atom. The summed E-state index contributed by atoms with van der Waals surface area (Å²) >= 11 is 0. The maximum atomic E-state index is 12.8. The summed E-state index contributed by atoms with van der Waals surface area (Å²) in [6, 6.07) is 5.02. The van der Waals surface area contributed by atoms with Crippen molar-refractivity contribution in [3.8, 4) is 0 Å². The minimum atomic E-state index is -1.15. The van der Waals surface area contributed by atoms with Crippen molar-refractivity contribution in [3.05, 3.63) is 47.5 Å². The van der Waals surface area contributed by atoms with Gasteiger partial charge in [0, 0.05) is 37.5 Å². The Balaban J connectivity index is 1.92. The second-order valence-corrected chi connectivity index (χ2v) is 6.45. The summed E-state index contributed by atoms with van der Waals surface area (Å²) in [5, 5.41) is 12.9. The lowest BCUT2D eigenvalue weighted by atomic mass is 9.72. The van der Waals surface area contributed by atoms with Gasteiger partial charge in [-0.1, -0.05) is 19.9 Å². The number of carboxylic acid groups (broad SMARTS) is 1. The summed E-state index contributed by atoms with van der Waals surface area (Å²) in [6.07, 6.45) is 3.46. The van der Waals surface area contributed by atoms with Gasteiger partial charge in [0.1, 0.15) is 5.69 Å². The van der Waals surface area contributed by atoms with Gasteiger partial charge in [-0.25, -0.2) is 4.79 Å². The van der Waals surface area contributed by atoms with Gasteiger partial charge in [0.15, 0.2) is 5.69 Å². The number of carbonyl (C=O) groups excluding carboxylic acids is 1. The molecule has 0 aliphatic carbocycles. The zero-order chi connectivity index (χ0) is 16.8. The Hall–Kier alpha value is -2.70. The molecule has 2 aromatic heterocycles. The largest absolute Gasteiger partial charge is 0.476 e. The molecular formula is C16H18N4O3. The molecule has 0 radical (unpaired) electrons. The number of hydrogen-bond donors (Lipinski definition) is 1. The number of amides is 1. The molecular weight excluding hydrogens is 296 g/mol. The van der Waals surface area contributed by atoms with Crippen LogP contribution in [0.5, 0.6) is 0 Å². The average molecular weight is 314 g/mol. The lowest BCUT2D eigenvalue weighted by molar-refractivity contribution is -0.0330. The number of likely N-dealkylation sites (tertiary alicyclic amines) is 1. The third-order valence-corrected chi connectivity index (χ3v) is 4.21. The molecule has 3 heterocycles. The van der Waals surface area contributed by atoms with Crippen LogP contribution >= 0.6 is 0 Å². The molecule has 0 spiro atoms. The van der Waals surface area contributed by atoms with Gasteiger partial charge in [-0.2, -0.15) is 5.10 Å². The standard InChI is InChI=1S/C16H18N4O3/c1-16(2)9-20(13(16)10-5-4-6-17-8-10)14(21)12-7-11(15(22)23)18-19(12)3/h4-8,13H,9H2,1-3H3,(H,22,23). The molecule has 2 aromatic rings. The van der Waals surface area contributed by atoms with Crippen molar-refractivity contribution in [3.63, 3.8) is 0 Å². The van der Waals surface area contributed by atoms with Gasteiger partial charge < -0.3 is 10.0 Å². The van der Waals surface area contributed by atoms with Crippen LogP contribution in [-0.4, -0.2) is 43.2 Å². The molecule has 3 rings (SSSR count). The third kappa shape index (κ3) is 2.48. The van der Waals surface area contributed by atoms with Gasteiger partial charge in [0.05, 0.1) is 6.04 Å². The predicted octanol–water partition coefficient (Wildman–Crippen LogP) is 1.74. The highest BCUT2D eigenvalue weighted by atomic mass is 16.4. The first-order valence-corrected chi connectivity index (χ1v) is 7.29. The van der Waals surface area contributed by atoms with Gasteiger partial charge in [-0.15, -0.1) is 0 Å². The molecule has 120 valence electrons. The van der Waals surface area contributed by atoms with E-state index in [1.165, 1.54) is 10.7 Å². The number of nitrogens with zero attached hydrogens (tertiary/aromatic N) is 4. The number of hydrogen-bond acceptors (Lipinski definition) is 4. The third-order valence-electron chi connectivity index (χ3n) is 4.21. The molecule has 1 aliphatic rings. The first-order valence-electron chi connectivity index (χ1n) is 7.29.